The average Bonchev–Trinajstić information content (AvgIpc) is 2.52. The zero-order valence-corrected chi connectivity index (χ0v) is 12.9. The minimum Gasteiger partial charge on any atom is -0.489 e. The van der Waals surface area contributed by atoms with Crippen LogP contribution >= 0.6 is 11.6 Å². The molecule has 0 bridgehead atoms. The Morgan fingerprint density at radius 1 is 1.00 bits per heavy atom. The van der Waals surface area contributed by atoms with Gasteiger partial charge in [-0.1, -0.05) is 35.9 Å². The number of halogens is 1. The molecule has 21 heavy (non-hydrogen) atoms. The second-order valence-corrected chi connectivity index (χ2v) is 4.96. The van der Waals surface area contributed by atoms with Gasteiger partial charge in [0.25, 0.3) is 0 Å². The zero-order valence-electron chi connectivity index (χ0n) is 12.1. The third-order valence-corrected chi connectivity index (χ3v) is 3.22. The number of nitrogens with one attached hydrogen (secondary N) is 1. The average molecular weight is 306 g/mol. The van der Waals surface area contributed by atoms with E-state index in [1.165, 1.54) is 5.56 Å². The van der Waals surface area contributed by atoms with Gasteiger partial charge in [-0.2, -0.15) is 0 Å². The van der Waals surface area contributed by atoms with Crippen molar-refractivity contribution in [1.82, 2.24) is 0 Å². The van der Waals surface area contributed by atoms with Gasteiger partial charge in [0, 0.05) is 18.2 Å². The number of benzene rings is 2. The summed E-state index contributed by atoms with van der Waals surface area (Å²) in [5.74, 6) is 0.839. The first-order valence-corrected chi connectivity index (χ1v) is 7.45. The Morgan fingerprint density at radius 2 is 1.76 bits per heavy atom. The van der Waals surface area contributed by atoms with E-state index in [9.17, 15) is 0 Å². The van der Waals surface area contributed by atoms with Gasteiger partial charge >= 0.3 is 0 Å². The van der Waals surface area contributed by atoms with Crippen LogP contribution in [0.1, 0.15) is 12.5 Å². The fourth-order valence-corrected chi connectivity index (χ4v) is 2.02. The van der Waals surface area contributed by atoms with E-state index in [2.05, 4.69) is 5.32 Å². The molecule has 0 atom stereocenters. The Hall–Kier alpha value is -1.71. The van der Waals surface area contributed by atoms with Crippen molar-refractivity contribution >= 4 is 17.3 Å². The maximum atomic E-state index is 5.88. The van der Waals surface area contributed by atoms with Crippen LogP contribution in [0.3, 0.4) is 0 Å². The van der Waals surface area contributed by atoms with Crippen LogP contribution in [0.5, 0.6) is 5.75 Å². The molecular weight excluding hydrogens is 286 g/mol. The molecule has 0 spiro atoms. The van der Waals surface area contributed by atoms with Crippen LogP contribution in [0, 0.1) is 0 Å². The summed E-state index contributed by atoms with van der Waals surface area (Å²) in [4.78, 5) is 0. The van der Waals surface area contributed by atoms with Crippen LogP contribution in [0.4, 0.5) is 5.69 Å². The van der Waals surface area contributed by atoms with E-state index in [-0.39, 0.29) is 0 Å². The van der Waals surface area contributed by atoms with Gasteiger partial charge in [0.1, 0.15) is 12.4 Å². The number of anilines is 1. The van der Waals surface area contributed by atoms with E-state index in [0.717, 1.165) is 23.0 Å². The van der Waals surface area contributed by atoms with Crippen molar-refractivity contribution in [3.8, 4) is 5.75 Å². The first kappa shape index (κ1) is 15.7. The quantitative estimate of drug-likeness (QED) is 0.735. The molecule has 2 aromatic rings. The molecule has 0 saturated carbocycles. The molecule has 2 aromatic carbocycles. The summed E-state index contributed by atoms with van der Waals surface area (Å²) in [6.07, 6.45) is 0. The number of hydrogen-bond acceptors (Lipinski definition) is 3. The molecule has 4 heteroatoms. The summed E-state index contributed by atoms with van der Waals surface area (Å²) >= 11 is 5.88. The summed E-state index contributed by atoms with van der Waals surface area (Å²) in [6.45, 7) is 4.56. The maximum Gasteiger partial charge on any atom is 0.142 e. The Bertz CT molecular complexity index is 543. The summed E-state index contributed by atoms with van der Waals surface area (Å²) in [5, 5.41) is 4.13. The van der Waals surface area contributed by atoms with Crippen LogP contribution in [0.2, 0.25) is 5.02 Å². The van der Waals surface area contributed by atoms with Crippen LogP contribution in [-0.2, 0) is 11.3 Å². The maximum absolute atomic E-state index is 5.88. The van der Waals surface area contributed by atoms with E-state index in [4.69, 9.17) is 21.1 Å². The molecule has 0 aliphatic rings. The summed E-state index contributed by atoms with van der Waals surface area (Å²) in [5.41, 5.74) is 2.15. The van der Waals surface area contributed by atoms with Gasteiger partial charge in [0.2, 0.25) is 0 Å². The van der Waals surface area contributed by atoms with E-state index in [1.54, 1.807) is 0 Å². The largest absolute Gasteiger partial charge is 0.489 e. The topological polar surface area (TPSA) is 30.5 Å². The van der Waals surface area contributed by atoms with Gasteiger partial charge in [-0.05, 0) is 36.8 Å². The lowest BCUT2D eigenvalue weighted by Crippen LogP contribution is -2.08. The van der Waals surface area contributed by atoms with Gasteiger partial charge in [-0.25, -0.2) is 0 Å². The van der Waals surface area contributed by atoms with Gasteiger partial charge in [-0.3, -0.25) is 0 Å². The molecule has 0 unspecified atom stereocenters. The number of rotatable bonds is 8. The normalized spacial score (nSPS) is 10.4. The molecule has 0 aliphatic heterocycles. The van der Waals surface area contributed by atoms with Crippen LogP contribution in [0.15, 0.2) is 48.5 Å². The molecule has 0 heterocycles. The van der Waals surface area contributed by atoms with Gasteiger partial charge in [0.15, 0.2) is 0 Å². The van der Waals surface area contributed by atoms with E-state index in [0.29, 0.717) is 19.8 Å². The molecular formula is C17H20ClNO2. The highest BCUT2D eigenvalue weighted by atomic mass is 35.5. The van der Waals surface area contributed by atoms with E-state index >= 15 is 0 Å². The predicted octanol–water partition coefficient (Wildman–Crippen LogP) is 4.37. The molecule has 0 amide bonds. The third-order valence-electron chi connectivity index (χ3n) is 2.97. The second kappa shape index (κ2) is 8.55. The highest BCUT2D eigenvalue weighted by Gasteiger charge is 2.02. The number of hydrogen-bond donors (Lipinski definition) is 1. The smallest absolute Gasteiger partial charge is 0.142 e. The first-order valence-electron chi connectivity index (χ1n) is 7.07. The van der Waals surface area contributed by atoms with Crippen LogP contribution < -0.4 is 10.1 Å². The van der Waals surface area contributed by atoms with Crippen molar-refractivity contribution in [2.45, 2.75) is 13.5 Å². The van der Waals surface area contributed by atoms with Crippen molar-refractivity contribution in [3.05, 3.63) is 59.1 Å². The molecule has 3 nitrogen and oxygen atoms in total. The lowest BCUT2D eigenvalue weighted by molar-refractivity contribution is 0.110. The number of ether oxygens (including phenoxy) is 2. The predicted molar refractivity (Wildman–Crippen MR) is 87.2 cm³/mol. The highest BCUT2D eigenvalue weighted by Crippen LogP contribution is 2.24. The van der Waals surface area contributed by atoms with Crippen molar-refractivity contribution in [2.75, 3.05) is 25.1 Å². The summed E-state index contributed by atoms with van der Waals surface area (Å²) < 4.78 is 11.0. The first-order chi connectivity index (χ1) is 10.3. The van der Waals surface area contributed by atoms with E-state index < -0.39 is 0 Å². The van der Waals surface area contributed by atoms with Crippen molar-refractivity contribution < 1.29 is 9.47 Å². The number of para-hydroxylation sites is 2. The Morgan fingerprint density at radius 3 is 2.52 bits per heavy atom. The monoisotopic (exact) mass is 305 g/mol. The van der Waals surface area contributed by atoms with Crippen LogP contribution in [-0.4, -0.2) is 19.8 Å². The standard InChI is InChI=1S/C17H20ClNO2/c1-2-20-11-12-21-17-6-4-3-5-16(17)19-13-14-7-9-15(18)10-8-14/h3-10,19H,2,11-13H2,1H3. The summed E-state index contributed by atoms with van der Waals surface area (Å²) in [7, 11) is 0. The Balaban J connectivity index is 1.91. The molecule has 0 radical (unpaired) electrons. The highest BCUT2D eigenvalue weighted by molar-refractivity contribution is 6.30. The lowest BCUT2D eigenvalue weighted by atomic mass is 10.2. The Labute approximate surface area is 130 Å². The Kier molecular flexibility index (Phi) is 6.38. The van der Waals surface area contributed by atoms with Crippen LogP contribution in [0.25, 0.3) is 0 Å². The van der Waals surface area contributed by atoms with Crippen molar-refractivity contribution in [1.29, 1.82) is 0 Å². The fraction of sp³-hybridized carbons (Fsp3) is 0.294. The molecule has 0 aliphatic carbocycles. The van der Waals surface area contributed by atoms with E-state index in [1.807, 2.05) is 55.5 Å². The SMILES string of the molecule is CCOCCOc1ccccc1NCc1ccc(Cl)cc1. The molecule has 112 valence electrons. The lowest BCUT2D eigenvalue weighted by Gasteiger charge is -2.13. The van der Waals surface area contributed by atoms with Crippen molar-refractivity contribution in [2.24, 2.45) is 0 Å². The minimum atomic E-state index is 0.549. The molecule has 0 saturated heterocycles. The zero-order chi connectivity index (χ0) is 14.9. The third kappa shape index (κ3) is 5.29. The second-order valence-electron chi connectivity index (χ2n) is 4.52. The minimum absolute atomic E-state index is 0.549. The summed E-state index contributed by atoms with van der Waals surface area (Å²) in [6, 6.07) is 15.7. The van der Waals surface area contributed by atoms with Gasteiger partial charge in [-0.15, -0.1) is 0 Å². The molecule has 0 fully saturated rings. The fourth-order valence-electron chi connectivity index (χ4n) is 1.89. The molecule has 2 rings (SSSR count). The van der Waals surface area contributed by atoms with Gasteiger partial charge < -0.3 is 14.8 Å². The molecule has 0 aromatic heterocycles. The van der Waals surface area contributed by atoms with Gasteiger partial charge in [0.05, 0.1) is 12.3 Å². The van der Waals surface area contributed by atoms with Crippen molar-refractivity contribution in [3.63, 3.8) is 0 Å². The molecule has 1 N–H and O–H groups in total.